The van der Waals surface area contributed by atoms with E-state index in [-0.39, 0.29) is 17.1 Å². The summed E-state index contributed by atoms with van der Waals surface area (Å²) in [5.74, 6) is -0.0915. The number of ether oxygens (including phenoxy) is 1. The van der Waals surface area contributed by atoms with Crippen LogP contribution in [-0.4, -0.2) is 22.9 Å². The van der Waals surface area contributed by atoms with Crippen LogP contribution in [0.4, 0.5) is 4.39 Å². The second-order valence-corrected chi connectivity index (χ2v) is 4.83. The highest BCUT2D eigenvalue weighted by Crippen LogP contribution is 2.16. The summed E-state index contributed by atoms with van der Waals surface area (Å²) < 4.78 is 19.7. The van der Waals surface area contributed by atoms with Gasteiger partial charge in [0.25, 0.3) is 5.56 Å². The van der Waals surface area contributed by atoms with Crippen molar-refractivity contribution < 1.29 is 9.13 Å². The fourth-order valence-corrected chi connectivity index (χ4v) is 1.90. The van der Waals surface area contributed by atoms with Crippen LogP contribution in [0, 0.1) is 5.82 Å². The highest BCUT2D eigenvalue weighted by Gasteiger charge is 2.05. The lowest BCUT2D eigenvalue weighted by molar-refractivity contribution is 0.309. The largest absolute Gasteiger partial charge is 0.492 e. The molecule has 2 aromatic rings. The lowest BCUT2D eigenvalue weighted by Crippen LogP contribution is -2.22. The summed E-state index contributed by atoms with van der Waals surface area (Å²) in [6.07, 6.45) is 2.17. The fraction of sp³-hybridized carbons (Fsp3) is 0.286. The molecule has 2 rings (SSSR count). The van der Waals surface area contributed by atoms with Crippen molar-refractivity contribution in [2.75, 3.05) is 13.2 Å². The van der Waals surface area contributed by atoms with E-state index in [1.165, 1.54) is 29.1 Å². The number of halogens is 2. The molecule has 0 aliphatic carbocycles. The van der Waals surface area contributed by atoms with Crippen molar-refractivity contribution in [3.8, 4) is 5.75 Å². The molecule has 1 aromatic carbocycles. The minimum absolute atomic E-state index is 0.0160. The van der Waals surface area contributed by atoms with Gasteiger partial charge < -0.3 is 10.5 Å². The second kappa shape index (κ2) is 7.19. The summed E-state index contributed by atoms with van der Waals surface area (Å²) in [6, 6.07) is 5.64. The van der Waals surface area contributed by atoms with Gasteiger partial charge in [0, 0.05) is 6.07 Å². The molecule has 0 amide bonds. The van der Waals surface area contributed by atoms with E-state index in [0.717, 1.165) is 0 Å². The molecule has 1 aromatic heterocycles. The van der Waals surface area contributed by atoms with Crippen LogP contribution in [0.2, 0.25) is 5.02 Å². The molecule has 0 atom stereocenters. The van der Waals surface area contributed by atoms with E-state index < -0.39 is 5.82 Å². The van der Waals surface area contributed by atoms with Crippen LogP contribution in [0.3, 0.4) is 0 Å². The number of rotatable bonds is 6. The summed E-state index contributed by atoms with van der Waals surface area (Å²) >= 11 is 5.70. The van der Waals surface area contributed by atoms with Crippen molar-refractivity contribution in [3.05, 3.63) is 57.2 Å². The zero-order chi connectivity index (χ0) is 15.2. The van der Waals surface area contributed by atoms with E-state index in [2.05, 4.69) is 5.10 Å². The second-order valence-electron chi connectivity index (χ2n) is 4.43. The summed E-state index contributed by atoms with van der Waals surface area (Å²) in [7, 11) is 0. The van der Waals surface area contributed by atoms with Crippen molar-refractivity contribution in [1.82, 2.24) is 9.78 Å². The van der Waals surface area contributed by atoms with Gasteiger partial charge in [-0.3, -0.25) is 4.79 Å². The molecule has 0 saturated heterocycles. The zero-order valence-corrected chi connectivity index (χ0v) is 12.0. The van der Waals surface area contributed by atoms with Crippen LogP contribution in [-0.2, 0) is 6.54 Å². The SMILES string of the molecule is NCCCOc1cnn(Cc2ccc(F)c(Cl)c2)c(=O)c1. The van der Waals surface area contributed by atoms with Gasteiger partial charge in [-0.05, 0) is 30.7 Å². The number of nitrogens with two attached hydrogens (primary N) is 1. The van der Waals surface area contributed by atoms with Gasteiger partial charge in [0.15, 0.2) is 0 Å². The first-order valence-corrected chi connectivity index (χ1v) is 6.82. The first kappa shape index (κ1) is 15.5. The first-order chi connectivity index (χ1) is 10.1. The lowest BCUT2D eigenvalue weighted by atomic mass is 10.2. The number of aromatic nitrogens is 2. The Labute approximate surface area is 126 Å². The number of hydrogen-bond donors (Lipinski definition) is 1. The van der Waals surface area contributed by atoms with Crippen molar-refractivity contribution >= 4 is 11.6 Å². The Hall–Kier alpha value is -1.92. The standard InChI is InChI=1S/C14H15ClFN3O2/c15-12-6-10(2-3-13(12)16)9-19-14(20)7-11(8-18-19)21-5-1-4-17/h2-3,6-8H,1,4-5,9,17H2. The van der Waals surface area contributed by atoms with Crippen LogP contribution in [0.25, 0.3) is 0 Å². The van der Waals surface area contributed by atoms with Crippen LogP contribution in [0.15, 0.2) is 35.3 Å². The quantitative estimate of drug-likeness (QED) is 0.826. The maximum atomic E-state index is 13.1. The molecule has 5 nitrogen and oxygen atoms in total. The first-order valence-electron chi connectivity index (χ1n) is 6.44. The highest BCUT2D eigenvalue weighted by atomic mass is 35.5. The fourth-order valence-electron chi connectivity index (χ4n) is 1.70. The Bertz CT molecular complexity index is 676. The minimum atomic E-state index is -0.496. The van der Waals surface area contributed by atoms with E-state index in [9.17, 15) is 9.18 Å². The van der Waals surface area contributed by atoms with Crippen molar-refractivity contribution in [2.24, 2.45) is 5.73 Å². The van der Waals surface area contributed by atoms with Crippen LogP contribution >= 0.6 is 11.6 Å². The predicted octanol–water partition coefficient (Wildman–Crippen LogP) is 1.81. The van der Waals surface area contributed by atoms with Gasteiger partial charge >= 0.3 is 0 Å². The third kappa shape index (κ3) is 4.27. The number of nitrogens with zero attached hydrogens (tertiary/aromatic N) is 2. The van der Waals surface area contributed by atoms with Crippen molar-refractivity contribution in [1.29, 1.82) is 0 Å². The van der Waals surface area contributed by atoms with Gasteiger partial charge in [-0.25, -0.2) is 9.07 Å². The van der Waals surface area contributed by atoms with E-state index in [0.29, 0.717) is 30.9 Å². The highest BCUT2D eigenvalue weighted by molar-refractivity contribution is 6.30. The molecule has 7 heteroatoms. The smallest absolute Gasteiger partial charge is 0.270 e. The number of hydrogen-bond acceptors (Lipinski definition) is 4. The molecule has 21 heavy (non-hydrogen) atoms. The average Bonchev–Trinajstić information content (AvgIpc) is 2.46. The Morgan fingerprint density at radius 3 is 2.86 bits per heavy atom. The van der Waals surface area contributed by atoms with E-state index in [1.54, 1.807) is 6.07 Å². The third-order valence-electron chi connectivity index (χ3n) is 2.78. The van der Waals surface area contributed by atoms with Crippen LogP contribution in [0.1, 0.15) is 12.0 Å². The molecule has 0 fully saturated rings. The topological polar surface area (TPSA) is 70.1 Å². The molecule has 112 valence electrons. The van der Waals surface area contributed by atoms with Crippen LogP contribution < -0.4 is 16.0 Å². The zero-order valence-electron chi connectivity index (χ0n) is 11.3. The van der Waals surface area contributed by atoms with E-state index in [1.807, 2.05) is 0 Å². The molecule has 0 aliphatic heterocycles. The number of benzene rings is 1. The molecule has 0 bridgehead atoms. The molecule has 0 saturated carbocycles. The molecule has 0 spiro atoms. The average molecular weight is 312 g/mol. The monoisotopic (exact) mass is 311 g/mol. The third-order valence-corrected chi connectivity index (χ3v) is 3.07. The molecule has 2 N–H and O–H groups in total. The van der Waals surface area contributed by atoms with Crippen molar-refractivity contribution in [2.45, 2.75) is 13.0 Å². The molecular formula is C14H15ClFN3O2. The van der Waals surface area contributed by atoms with Crippen LogP contribution in [0.5, 0.6) is 5.75 Å². The van der Waals surface area contributed by atoms with Gasteiger partial charge in [0.05, 0.1) is 24.4 Å². The van der Waals surface area contributed by atoms with Gasteiger partial charge in [-0.15, -0.1) is 0 Å². The Balaban J connectivity index is 2.10. The van der Waals surface area contributed by atoms with Gasteiger partial charge in [-0.1, -0.05) is 17.7 Å². The molecule has 1 heterocycles. The predicted molar refractivity (Wildman–Crippen MR) is 78.2 cm³/mol. The summed E-state index contributed by atoms with van der Waals surface area (Å²) in [5.41, 5.74) is 5.74. The Morgan fingerprint density at radius 1 is 1.38 bits per heavy atom. The summed E-state index contributed by atoms with van der Waals surface area (Å²) in [5, 5.41) is 4.03. The summed E-state index contributed by atoms with van der Waals surface area (Å²) in [6.45, 7) is 1.17. The van der Waals surface area contributed by atoms with Gasteiger partial charge in [0.1, 0.15) is 11.6 Å². The lowest BCUT2D eigenvalue weighted by Gasteiger charge is -2.08. The minimum Gasteiger partial charge on any atom is -0.492 e. The Kier molecular flexibility index (Phi) is 5.30. The van der Waals surface area contributed by atoms with Gasteiger partial charge in [0.2, 0.25) is 0 Å². The maximum Gasteiger partial charge on any atom is 0.270 e. The Morgan fingerprint density at radius 2 is 2.19 bits per heavy atom. The summed E-state index contributed by atoms with van der Waals surface area (Å²) in [4.78, 5) is 11.9. The molecule has 0 aliphatic rings. The van der Waals surface area contributed by atoms with Crippen molar-refractivity contribution in [3.63, 3.8) is 0 Å². The maximum absolute atomic E-state index is 13.1. The normalized spacial score (nSPS) is 10.6. The molecular weight excluding hydrogens is 297 g/mol. The van der Waals surface area contributed by atoms with Gasteiger partial charge in [-0.2, -0.15) is 5.10 Å². The van der Waals surface area contributed by atoms with E-state index >= 15 is 0 Å². The van der Waals surface area contributed by atoms with E-state index in [4.69, 9.17) is 22.1 Å². The molecule has 0 radical (unpaired) electrons. The molecule has 0 unspecified atom stereocenters.